The van der Waals surface area contributed by atoms with Crippen molar-refractivity contribution < 1.29 is 8.42 Å². The smallest absolute Gasteiger partial charge is 0.166 e. The van der Waals surface area contributed by atoms with Gasteiger partial charge in [0.1, 0.15) is 5.37 Å². The van der Waals surface area contributed by atoms with Crippen molar-refractivity contribution in [3.8, 4) is 0 Å². The highest BCUT2D eigenvalue weighted by Crippen LogP contribution is 2.24. The van der Waals surface area contributed by atoms with Crippen LogP contribution < -0.4 is 5.32 Å². The summed E-state index contributed by atoms with van der Waals surface area (Å²) in [6.45, 7) is 5.89. The third kappa shape index (κ3) is 4.34. The Bertz CT molecular complexity index is 367. The van der Waals surface area contributed by atoms with Gasteiger partial charge < -0.3 is 5.32 Å². The molecule has 1 unspecified atom stereocenters. The Morgan fingerprint density at radius 2 is 2.05 bits per heavy atom. The average Bonchev–Trinajstić information content (AvgIpc) is 2.46. The van der Waals surface area contributed by atoms with Crippen molar-refractivity contribution in [1.29, 1.82) is 0 Å². The summed E-state index contributed by atoms with van der Waals surface area (Å²) < 4.78 is 24.3. The van der Waals surface area contributed by atoms with Crippen LogP contribution in [0.15, 0.2) is 0 Å². The van der Waals surface area contributed by atoms with Crippen molar-refractivity contribution in [2.45, 2.75) is 31.6 Å². The molecule has 0 bridgehead atoms. The van der Waals surface area contributed by atoms with Gasteiger partial charge in [0.05, 0.1) is 0 Å². The van der Waals surface area contributed by atoms with E-state index in [9.17, 15) is 8.42 Å². The topological polar surface area (TPSA) is 49.4 Å². The number of hydrogen-bond acceptors (Lipinski definition) is 5. The first-order valence-electron chi connectivity index (χ1n) is 7.37. The molecule has 6 heteroatoms. The molecule has 0 spiro atoms. The monoisotopic (exact) mass is 306 g/mol. The summed E-state index contributed by atoms with van der Waals surface area (Å²) in [5.74, 6) is 2.87. The Morgan fingerprint density at radius 1 is 1.32 bits per heavy atom. The zero-order valence-corrected chi connectivity index (χ0v) is 13.4. The second-order valence-corrected chi connectivity index (χ2v) is 9.10. The normalized spacial score (nSPS) is 27.5. The standard InChI is InChI=1S/C13H26N2O2S2/c1-2-19(16,17)13-11-18-10-9-15(13)8-5-12-3-6-14-7-4-12/h12-14H,2-11H2,1H3. The van der Waals surface area contributed by atoms with Gasteiger partial charge in [-0.05, 0) is 44.8 Å². The fraction of sp³-hybridized carbons (Fsp3) is 1.00. The highest BCUT2D eigenvalue weighted by Gasteiger charge is 2.32. The molecule has 1 atom stereocenters. The predicted molar refractivity (Wildman–Crippen MR) is 82.4 cm³/mol. The molecule has 2 rings (SSSR count). The molecule has 1 N–H and O–H groups in total. The van der Waals surface area contributed by atoms with Crippen molar-refractivity contribution in [1.82, 2.24) is 10.2 Å². The van der Waals surface area contributed by atoms with Crippen LogP contribution in [0.4, 0.5) is 0 Å². The van der Waals surface area contributed by atoms with Gasteiger partial charge in [0, 0.05) is 23.8 Å². The lowest BCUT2D eigenvalue weighted by molar-refractivity contribution is 0.232. The summed E-state index contributed by atoms with van der Waals surface area (Å²) in [5.41, 5.74) is 0. The molecule has 2 heterocycles. The Kier molecular flexibility index (Phi) is 5.99. The lowest BCUT2D eigenvalue weighted by Crippen LogP contribution is -2.48. The number of piperidine rings is 1. The Balaban J connectivity index is 1.88. The molecule has 4 nitrogen and oxygen atoms in total. The molecule has 2 fully saturated rings. The molecule has 2 aliphatic rings. The van der Waals surface area contributed by atoms with Crippen LogP contribution in [0, 0.1) is 5.92 Å². The molecule has 0 aromatic carbocycles. The van der Waals surface area contributed by atoms with Gasteiger partial charge in [0.2, 0.25) is 0 Å². The summed E-state index contributed by atoms with van der Waals surface area (Å²) in [5, 5.41) is 3.14. The molecule has 19 heavy (non-hydrogen) atoms. The van der Waals surface area contributed by atoms with Crippen LogP contribution in [0.5, 0.6) is 0 Å². The van der Waals surface area contributed by atoms with Crippen LogP contribution in [0.2, 0.25) is 0 Å². The van der Waals surface area contributed by atoms with Crippen molar-refractivity contribution in [2.75, 3.05) is 43.4 Å². The minimum absolute atomic E-state index is 0.238. The summed E-state index contributed by atoms with van der Waals surface area (Å²) >= 11 is 1.78. The molecule has 0 aliphatic carbocycles. The minimum atomic E-state index is -2.93. The zero-order valence-electron chi connectivity index (χ0n) is 11.8. The van der Waals surface area contributed by atoms with Gasteiger partial charge in [-0.15, -0.1) is 0 Å². The first kappa shape index (κ1) is 15.6. The maximum atomic E-state index is 12.2. The average molecular weight is 306 g/mol. The molecule has 112 valence electrons. The van der Waals surface area contributed by atoms with Crippen LogP contribution in [0.1, 0.15) is 26.2 Å². The van der Waals surface area contributed by atoms with Gasteiger partial charge in [-0.2, -0.15) is 11.8 Å². The van der Waals surface area contributed by atoms with Crippen molar-refractivity contribution >= 4 is 21.6 Å². The van der Waals surface area contributed by atoms with Crippen LogP contribution in [0.3, 0.4) is 0 Å². The van der Waals surface area contributed by atoms with Crippen LogP contribution in [-0.2, 0) is 9.84 Å². The van der Waals surface area contributed by atoms with Crippen molar-refractivity contribution in [2.24, 2.45) is 5.92 Å². The second kappa shape index (κ2) is 7.29. The van der Waals surface area contributed by atoms with E-state index in [-0.39, 0.29) is 11.1 Å². The van der Waals surface area contributed by atoms with Gasteiger partial charge >= 0.3 is 0 Å². The van der Waals surface area contributed by atoms with Gasteiger partial charge in [-0.25, -0.2) is 8.42 Å². The third-order valence-corrected chi connectivity index (χ3v) is 7.62. The number of thioether (sulfide) groups is 1. The highest BCUT2D eigenvalue weighted by molar-refractivity contribution is 8.01. The molecule has 0 radical (unpaired) electrons. The van der Waals surface area contributed by atoms with Crippen LogP contribution in [0.25, 0.3) is 0 Å². The van der Waals surface area contributed by atoms with Crippen molar-refractivity contribution in [3.05, 3.63) is 0 Å². The number of hydrogen-bond donors (Lipinski definition) is 1. The summed E-state index contributed by atoms with van der Waals surface area (Å²) in [6.07, 6.45) is 3.64. The summed E-state index contributed by atoms with van der Waals surface area (Å²) in [6, 6.07) is 0. The summed E-state index contributed by atoms with van der Waals surface area (Å²) in [4.78, 5) is 2.22. The first-order chi connectivity index (χ1) is 9.13. The van der Waals surface area contributed by atoms with E-state index in [2.05, 4.69) is 10.2 Å². The number of nitrogens with one attached hydrogen (secondary N) is 1. The van der Waals surface area contributed by atoms with Crippen LogP contribution in [-0.4, -0.2) is 62.1 Å². The van der Waals surface area contributed by atoms with E-state index >= 15 is 0 Å². The van der Waals surface area contributed by atoms with Crippen molar-refractivity contribution in [3.63, 3.8) is 0 Å². The third-order valence-electron chi connectivity index (χ3n) is 4.29. The lowest BCUT2D eigenvalue weighted by atomic mass is 9.94. The van der Waals surface area contributed by atoms with E-state index in [4.69, 9.17) is 0 Å². The van der Waals surface area contributed by atoms with E-state index < -0.39 is 9.84 Å². The Morgan fingerprint density at radius 3 is 2.74 bits per heavy atom. The fourth-order valence-electron chi connectivity index (χ4n) is 2.91. The van der Waals surface area contributed by atoms with Crippen LogP contribution >= 0.6 is 11.8 Å². The quantitative estimate of drug-likeness (QED) is 0.827. The molecular formula is C13H26N2O2S2. The maximum Gasteiger partial charge on any atom is 0.166 e. The van der Waals surface area contributed by atoms with E-state index in [0.717, 1.165) is 50.0 Å². The van der Waals surface area contributed by atoms with E-state index in [1.165, 1.54) is 12.8 Å². The molecule has 0 amide bonds. The maximum absolute atomic E-state index is 12.2. The van der Waals surface area contributed by atoms with E-state index in [1.54, 1.807) is 18.7 Å². The fourth-order valence-corrected chi connectivity index (χ4v) is 6.02. The van der Waals surface area contributed by atoms with Gasteiger partial charge in [-0.1, -0.05) is 6.92 Å². The Labute approximate surface area is 121 Å². The van der Waals surface area contributed by atoms with E-state index in [0.29, 0.717) is 0 Å². The molecule has 2 aliphatic heterocycles. The number of sulfone groups is 1. The van der Waals surface area contributed by atoms with Gasteiger partial charge in [0.25, 0.3) is 0 Å². The predicted octanol–water partition coefficient (Wildman–Crippen LogP) is 1.19. The largest absolute Gasteiger partial charge is 0.317 e. The zero-order chi connectivity index (χ0) is 13.7. The molecular weight excluding hydrogens is 280 g/mol. The SMILES string of the molecule is CCS(=O)(=O)C1CSCCN1CCC1CCNCC1. The molecule has 0 aromatic rings. The van der Waals surface area contributed by atoms with Gasteiger partial charge in [0.15, 0.2) is 9.84 Å². The number of rotatable bonds is 5. The second-order valence-electron chi connectivity index (χ2n) is 5.50. The molecule has 0 saturated carbocycles. The summed E-state index contributed by atoms with van der Waals surface area (Å²) in [7, 11) is -2.93. The van der Waals surface area contributed by atoms with E-state index in [1.807, 2.05) is 0 Å². The number of nitrogens with zero attached hydrogens (tertiary/aromatic N) is 1. The molecule has 2 saturated heterocycles. The highest BCUT2D eigenvalue weighted by atomic mass is 32.2. The lowest BCUT2D eigenvalue weighted by Gasteiger charge is -2.36. The minimum Gasteiger partial charge on any atom is -0.317 e. The van der Waals surface area contributed by atoms with Gasteiger partial charge in [-0.3, -0.25) is 4.90 Å². The first-order valence-corrected chi connectivity index (χ1v) is 10.2. The Hall–Kier alpha value is 0.220. The molecule has 0 aromatic heterocycles.